The Hall–Kier alpha value is -2.91. The fourth-order valence-electron chi connectivity index (χ4n) is 4.20. The Labute approximate surface area is 204 Å². The summed E-state index contributed by atoms with van der Waals surface area (Å²) < 4.78 is 0. The maximum absolute atomic E-state index is 12.1. The van der Waals surface area contributed by atoms with Crippen LogP contribution in [-0.2, 0) is 11.2 Å². The van der Waals surface area contributed by atoms with Crippen molar-refractivity contribution in [2.45, 2.75) is 42.7 Å². The van der Waals surface area contributed by atoms with Crippen molar-refractivity contribution in [3.63, 3.8) is 0 Å². The molecule has 0 radical (unpaired) electrons. The molecule has 2 aromatic heterocycles. The zero-order valence-corrected chi connectivity index (χ0v) is 20.4. The van der Waals surface area contributed by atoms with E-state index < -0.39 is 0 Å². The van der Waals surface area contributed by atoms with Crippen LogP contribution in [0.15, 0.2) is 52.6 Å². The quantitative estimate of drug-likeness (QED) is 0.421. The largest absolute Gasteiger partial charge is 0.354 e. The first-order chi connectivity index (χ1) is 16.7. The third-order valence-corrected chi connectivity index (χ3v) is 7.11. The van der Waals surface area contributed by atoms with Crippen LogP contribution in [0.2, 0.25) is 0 Å². The summed E-state index contributed by atoms with van der Waals surface area (Å²) in [6.07, 6.45) is 5.54. The van der Waals surface area contributed by atoms with Crippen LogP contribution in [-0.4, -0.2) is 63.6 Å². The fourth-order valence-corrected chi connectivity index (χ4v) is 4.96. The third kappa shape index (κ3) is 5.95. The molecule has 1 aromatic carbocycles. The van der Waals surface area contributed by atoms with Gasteiger partial charge >= 0.3 is 0 Å². The number of rotatable bonds is 10. The summed E-state index contributed by atoms with van der Waals surface area (Å²) in [5.74, 6) is 3.12. The molecule has 0 bridgehead atoms. The Morgan fingerprint density at radius 2 is 1.91 bits per heavy atom. The number of carbonyl (C=O) groups excluding carboxylic acids is 1. The van der Waals surface area contributed by atoms with Crippen molar-refractivity contribution < 1.29 is 4.79 Å². The van der Waals surface area contributed by atoms with Gasteiger partial charge in [0, 0.05) is 55.5 Å². The minimum absolute atomic E-state index is 0.301. The molecular formula is C25H31N7OS. The lowest BCUT2D eigenvalue weighted by Crippen LogP contribution is -2.46. The van der Waals surface area contributed by atoms with Gasteiger partial charge < -0.3 is 10.2 Å². The van der Waals surface area contributed by atoms with Crippen molar-refractivity contribution in [2.24, 2.45) is 5.92 Å². The predicted molar refractivity (Wildman–Crippen MR) is 135 cm³/mol. The maximum atomic E-state index is 12.1. The van der Waals surface area contributed by atoms with Gasteiger partial charge in [-0.1, -0.05) is 19.1 Å². The van der Waals surface area contributed by atoms with Gasteiger partial charge in [0.15, 0.2) is 5.16 Å². The molecule has 0 spiro atoms. The van der Waals surface area contributed by atoms with Crippen molar-refractivity contribution in [3.05, 3.63) is 48.2 Å². The van der Waals surface area contributed by atoms with Gasteiger partial charge in [-0.25, -0.2) is 9.97 Å². The van der Waals surface area contributed by atoms with E-state index in [0.717, 1.165) is 73.5 Å². The molecule has 9 heteroatoms. The highest BCUT2D eigenvalue weighted by molar-refractivity contribution is 7.99. The van der Waals surface area contributed by atoms with Gasteiger partial charge in [0.2, 0.25) is 0 Å². The number of hydrogen-bond donors (Lipinski definition) is 2. The smallest absolute Gasteiger partial charge is 0.196 e. The number of aromatic nitrogens is 4. The van der Waals surface area contributed by atoms with E-state index >= 15 is 0 Å². The van der Waals surface area contributed by atoms with Crippen molar-refractivity contribution in [3.8, 4) is 0 Å². The number of piperazine rings is 1. The number of H-pyrrole nitrogens is 1. The van der Waals surface area contributed by atoms with E-state index in [1.165, 1.54) is 18.2 Å². The lowest BCUT2D eigenvalue weighted by molar-refractivity contribution is -0.119. The lowest BCUT2D eigenvalue weighted by Gasteiger charge is -2.35. The van der Waals surface area contributed by atoms with E-state index in [0.29, 0.717) is 23.3 Å². The van der Waals surface area contributed by atoms with Crippen LogP contribution in [0.25, 0.3) is 0 Å². The van der Waals surface area contributed by atoms with Crippen molar-refractivity contribution >= 4 is 35.0 Å². The van der Waals surface area contributed by atoms with Crippen LogP contribution in [0.1, 0.15) is 31.7 Å². The summed E-state index contributed by atoms with van der Waals surface area (Å²) in [5.41, 5.74) is 1.07. The minimum Gasteiger partial charge on any atom is -0.354 e. The molecule has 0 atom stereocenters. The molecule has 5 rings (SSSR count). The molecule has 2 fully saturated rings. The molecular weight excluding hydrogens is 446 g/mol. The Kier molecular flexibility index (Phi) is 7.10. The lowest BCUT2D eigenvalue weighted by atomic mass is 10.1. The predicted octanol–water partition coefficient (Wildman–Crippen LogP) is 4.15. The van der Waals surface area contributed by atoms with E-state index in [1.54, 1.807) is 6.20 Å². The highest BCUT2D eigenvalue weighted by Gasteiger charge is 2.29. The van der Waals surface area contributed by atoms with Gasteiger partial charge in [0.05, 0.1) is 6.20 Å². The number of nitrogens with zero attached hydrogens (tertiary/aromatic N) is 5. The second-order valence-electron chi connectivity index (χ2n) is 8.98. The normalized spacial score (nSPS) is 16.6. The summed E-state index contributed by atoms with van der Waals surface area (Å²) >= 11 is 1.54. The Bertz CT molecular complexity index is 1090. The van der Waals surface area contributed by atoms with Crippen LogP contribution in [0.5, 0.6) is 0 Å². The molecule has 178 valence electrons. The number of nitrogens with one attached hydrogen (secondary N) is 2. The maximum Gasteiger partial charge on any atom is 0.196 e. The van der Waals surface area contributed by atoms with Gasteiger partial charge in [-0.2, -0.15) is 5.10 Å². The van der Waals surface area contributed by atoms with E-state index in [4.69, 9.17) is 9.97 Å². The fraction of sp³-hybridized carbons (Fsp3) is 0.440. The Morgan fingerprint density at radius 1 is 1.12 bits per heavy atom. The summed E-state index contributed by atoms with van der Waals surface area (Å²) in [6.45, 7) is 7.37. The van der Waals surface area contributed by atoms with Crippen molar-refractivity contribution in [1.29, 1.82) is 0 Å². The molecule has 0 amide bonds. The number of hydrogen-bond acceptors (Lipinski definition) is 8. The number of carbonyl (C=O) groups is 1. The molecule has 3 aromatic rings. The molecule has 1 aliphatic heterocycles. The zero-order valence-electron chi connectivity index (χ0n) is 19.5. The van der Waals surface area contributed by atoms with Crippen LogP contribution >= 0.6 is 11.8 Å². The number of Topliss-reactive ketones (excluding diaryl/α,β-unsaturated/α-hetero) is 1. The van der Waals surface area contributed by atoms with Gasteiger partial charge in [-0.3, -0.25) is 14.8 Å². The van der Waals surface area contributed by atoms with Gasteiger partial charge in [-0.05, 0) is 55.3 Å². The van der Waals surface area contributed by atoms with Gasteiger partial charge in [0.1, 0.15) is 23.2 Å². The van der Waals surface area contributed by atoms with Crippen molar-refractivity contribution in [2.75, 3.05) is 42.9 Å². The Morgan fingerprint density at radius 3 is 2.59 bits per heavy atom. The van der Waals surface area contributed by atoms with Crippen LogP contribution in [0.4, 0.5) is 17.5 Å². The molecule has 2 N–H and O–H groups in total. The van der Waals surface area contributed by atoms with E-state index in [2.05, 4.69) is 44.4 Å². The standard InChI is InChI=1S/C25H31N7OS/c1-2-11-31-12-14-32(15-13-31)24-17-23(27-22-9-10-26-30-22)28-25(29-24)34-20-7-3-18(4-8-20)16-21(33)19-5-6-19/h3-4,7-10,17,19H,2,5-6,11-16H2,1H3,(H2,26,27,28,29,30). The molecule has 1 aliphatic carbocycles. The molecule has 1 saturated carbocycles. The number of benzene rings is 1. The molecule has 2 aliphatic rings. The Balaban J connectivity index is 1.32. The molecule has 34 heavy (non-hydrogen) atoms. The first-order valence-electron chi connectivity index (χ1n) is 12.1. The number of aromatic amines is 1. The first-order valence-corrected chi connectivity index (χ1v) is 12.9. The van der Waals surface area contributed by atoms with E-state index in [9.17, 15) is 4.79 Å². The van der Waals surface area contributed by atoms with Gasteiger partial charge in [-0.15, -0.1) is 0 Å². The summed E-state index contributed by atoms with van der Waals surface area (Å²) in [4.78, 5) is 27.7. The number of anilines is 3. The molecule has 8 nitrogen and oxygen atoms in total. The SMILES string of the molecule is CCCN1CCN(c2cc(Nc3ccn[nH]3)nc(Sc3ccc(CC(=O)C4CC4)cc3)n2)CC1. The van der Waals surface area contributed by atoms with Crippen LogP contribution < -0.4 is 10.2 Å². The van der Waals surface area contributed by atoms with Crippen LogP contribution in [0, 0.1) is 5.92 Å². The average molecular weight is 478 g/mol. The summed E-state index contributed by atoms with van der Waals surface area (Å²) in [5, 5.41) is 10.9. The molecule has 3 heterocycles. The topological polar surface area (TPSA) is 90.0 Å². The monoisotopic (exact) mass is 477 g/mol. The molecule has 1 saturated heterocycles. The minimum atomic E-state index is 0.301. The first kappa shape index (κ1) is 22.9. The van der Waals surface area contributed by atoms with Crippen molar-refractivity contribution in [1.82, 2.24) is 25.1 Å². The van der Waals surface area contributed by atoms with E-state index in [-0.39, 0.29) is 0 Å². The highest BCUT2D eigenvalue weighted by Crippen LogP contribution is 2.32. The van der Waals surface area contributed by atoms with E-state index in [1.807, 2.05) is 24.3 Å². The van der Waals surface area contributed by atoms with Gasteiger partial charge in [0.25, 0.3) is 0 Å². The summed E-state index contributed by atoms with van der Waals surface area (Å²) in [7, 11) is 0. The second kappa shape index (κ2) is 10.6. The highest BCUT2D eigenvalue weighted by atomic mass is 32.2. The zero-order chi connectivity index (χ0) is 23.3. The number of ketones is 1. The van der Waals surface area contributed by atoms with Crippen LogP contribution in [0.3, 0.4) is 0 Å². The molecule has 0 unspecified atom stereocenters. The third-order valence-electron chi connectivity index (χ3n) is 6.24. The summed E-state index contributed by atoms with van der Waals surface area (Å²) in [6, 6.07) is 12.1. The average Bonchev–Trinajstić information content (AvgIpc) is 3.58. The second-order valence-corrected chi connectivity index (χ2v) is 10.0.